The van der Waals surface area contributed by atoms with Crippen LogP contribution in [0.1, 0.15) is 45.9 Å². The summed E-state index contributed by atoms with van der Waals surface area (Å²) in [5.74, 6) is 0.783. The maximum absolute atomic E-state index is 6.53. The Labute approximate surface area is 146 Å². The third-order valence-corrected chi connectivity index (χ3v) is 6.84. The predicted octanol–water partition coefficient (Wildman–Crippen LogP) is 5.11. The van der Waals surface area contributed by atoms with Crippen molar-refractivity contribution in [2.45, 2.75) is 61.6 Å². The quantitative estimate of drug-likeness (QED) is 0.752. The molecule has 1 aromatic carbocycles. The maximum Gasteiger partial charge on any atom is 0.200 e. The molecule has 0 radical (unpaired) electrons. The lowest BCUT2D eigenvalue weighted by Crippen LogP contribution is -2.27. The fourth-order valence-electron chi connectivity index (χ4n) is 3.70. The Balaban J connectivity index is 1.71. The second kappa shape index (κ2) is 5.68. The highest BCUT2D eigenvalue weighted by atomic mass is 35.5. The molecule has 23 heavy (non-hydrogen) atoms. The van der Waals surface area contributed by atoms with Crippen LogP contribution in [0.2, 0.25) is 5.02 Å². The fraction of sp³-hybridized carbons (Fsp3) is 0.611. The predicted molar refractivity (Wildman–Crippen MR) is 96.6 cm³/mol. The Morgan fingerprint density at radius 1 is 1.26 bits per heavy atom. The van der Waals surface area contributed by atoms with Crippen molar-refractivity contribution >= 4 is 34.5 Å². The van der Waals surface area contributed by atoms with Crippen molar-refractivity contribution < 1.29 is 4.42 Å². The van der Waals surface area contributed by atoms with Crippen molar-refractivity contribution in [1.82, 2.24) is 9.88 Å². The summed E-state index contributed by atoms with van der Waals surface area (Å²) in [5, 5.41) is 1.40. The molecule has 0 amide bonds. The SMILES string of the molecule is CC(C)(C)c1nc2ccc(Cl)c(S[C@H]3CCN4CCCC34)c2o1. The molecule has 3 heterocycles. The first kappa shape index (κ1) is 15.8. The van der Waals surface area contributed by atoms with Crippen LogP contribution in [0.5, 0.6) is 0 Å². The Morgan fingerprint density at radius 3 is 2.87 bits per heavy atom. The minimum absolute atomic E-state index is 0.0942. The molecule has 0 N–H and O–H groups in total. The van der Waals surface area contributed by atoms with E-state index in [1.165, 1.54) is 32.4 Å². The topological polar surface area (TPSA) is 29.3 Å². The van der Waals surface area contributed by atoms with Crippen molar-refractivity contribution in [3.63, 3.8) is 0 Å². The van der Waals surface area contributed by atoms with Crippen LogP contribution in [-0.2, 0) is 5.41 Å². The van der Waals surface area contributed by atoms with E-state index in [1.807, 2.05) is 23.9 Å². The molecule has 0 aliphatic carbocycles. The van der Waals surface area contributed by atoms with Gasteiger partial charge in [0.15, 0.2) is 5.58 Å². The molecule has 0 spiro atoms. The zero-order valence-electron chi connectivity index (χ0n) is 13.9. The first-order chi connectivity index (χ1) is 10.9. The van der Waals surface area contributed by atoms with Crippen molar-refractivity contribution in [2.24, 2.45) is 0 Å². The highest BCUT2D eigenvalue weighted by Crippen LogP contribution is 2.44. The number of hydrogen-bond donors (Lipinski definition) is 0. The zero-order valence-corrected chi connectivity index (χ0v) is 15.5. The Morgan fingerprint density at radius 2 is 2.09 bits per heavy atom. The van der Waals surface area contributed by atoms with Gasteiger partial charge in [0, 0.05) is 16.7 Å². The summed E-state index contributed by atoms with van der Waals surface area (Å²) in [7, 11) is 0. The van der Waals surface area contributed by atoms with Crippen molar-refractivity contribution in [3.8, 4) is 0 Å². The second-order valence-corrected chi connectivity index (χ2v) is 9.34. The molecule has 1 unspecified atom stereocenters. The lowest BCUT2D eigenvalue weighted by molar-refractivity contribution is 0.327. The molecule has 2 aliphatic rings. The van der Waals surface area contributed by atoms with Gasteiger partial charge in [0.1, 0.15) is 5.52 Å². The average Bonchev–Trinajstić information content (AvgIpc) is 3.17. The van der Waals surface area contributed by atoms with E-state index in [-0.39, 0.29) is 5.41 Å². The number of nitrogens with zero attached hydrogens (tertiary/aromatic N) is 2. The van der Waals surface area contributed by atoms with Crippen LogP contribution in [-0.4, -0.2) is 34.3 Å². The van der Waals surface area contributed by atoms with Crippen LogP contribution in [0.15, 0.2) is 21.4 Å². The molecule has 1 aromatic heterocycles. The summed E-state index contributed by atoms with van der Waals surface area (Å²) in [6.07, 6.45) is 3.88. The van der Waals surface area contributed by atoms with Gasteiger partial charge in [-0.3, -0.25) is 4.90 Å². The highest BCUT2D eigenvalue weighted by Gasteiger charge is 2.38. The van der Waals surface area contributed by atoms with E-state index >= 15 is 0 Å². The molecule has 4 rings (SSSR count). The van der Waals surface area contributed by atoms with Crippen molar-refractivity contribution in [3.05, 3.63) is 23.0 Å². The number of hydrogen-bond acceptors (Lipinski definition) is 4. The molecule has 2 atom stereocenters. The normalized spacial score (nSPS) is 25.4. The van der Waals surface area contributed by atoms with E-state index in [0.29, 0.717) is 11.3 Å². The van der Waals surface area contributed by atoms with E-state index in [2.05, 4.69) is 30.7 Å². The fourth-order valence-corrected chi connectivity index (χ4v) is 5.41. The van der Waals surface area contributed by atoms with Crippen LogP contribution in [0.3, 0.4) is 0 Å². The van der Waals surface area contributed by atoms with E-state index in [4.69, 9.17) is 16.0 Å². The maximum atomic E-state index is 6.53. The third-order valence-electron chi connectivity index (χ3n) is 4.92. The number of halogens is 1. The summed E-state index contributed by atoms with van der Waals surface area (Å²) < 4.78 is 6.14. The number of oxazole rings is 1. The van der Waals surface area contributed by atoms with Gasteiger partial charge in [0.2, 0.25) is 5.89 Å². The van der Waals surface area contributed by atoms with Crippen LogP contribution in [0.4, 0.5) is 0 Å². The molecule has 0 bridgehead atoms. The molecule has 2 aromatic rings. The molecule has 0 saturated carbocycles. The summed E-state index contributed by atoms with van der Waals surface area (Å²) in [6, 6.07) is 4.64. The lowest BCUT2D eigenvalue weighted by Gasteiger charge is -2.20. The van der Waals surface area contributed by atoms with Gasteiger partial charge in [0.25, 0.3) is 0 Å². The third kappa shape index (κ3) is 2.79. The highest BCUT2D eigenvalue weighted by molar-refractivity contribution is 8.00. The van der Waals surface area contributed by atoms with Crippen molar-refractivity contribution in [2.75, 3.05) is 13.1 Å². The number of aromatic nitrogens is 1. The molecule has 2 fully saturated rings. The molecule has 2 aliphatic heterocycles. The first-order valence-electron chi connectivity index (χ1n) is 8.44. The molecule has 2 saturated heterocycles. The molecular weight excluding hydrogens is 328 g/mol. The van der Waals surface area contributed by atoms with Crippen LogP contribution in [0.25, 0.3) is 11.1 Å². The largest absolute Gasteiger partial charge is 0.439 e. The van der Waals surface area contributed by atoms with Gasteiger partial charge in [-0.25, -0.2) is 4.98 Å². The molecule has 3 nitrogen and oxygen atoms in total. The van der Waals surface area contributed by atoms with Crippen LogP contribution < -0.4 is 0 Å². The summed E-state index contributed by atoms with van der Waals surface area (Å²) in [5.41, 5.74) is 1.69. The van der Waals surface area contributed by atoms with Gasteiger partial charge in [-0.15, -0.1) is 11.8 Å². The lowest BCUT2D eigenvalue weighted by atomic mass is 9.97. The van der Waals surface area contributed by atoms with Crippen LogP contribution in [0, 0.1) is 0 Å². The minimum Gasteiger partial charge on any atom is -0.439 e. The zero-order chi connectivity index (χ0) is 16.2. The summed E-state index contributed by atoms with van der Waals surface area (Å²) in [4.78, 5) is 8.38. The Hall–Kier alpha value is -0.710. The van der Waals surface area contributed by atoms with Gasteiger partial charge in [-0.2, -0.15) is 0 Å². The smallest absolute Gasteiger partial charge is 0.200 e. The van der Waals surface area contributed by atoms with E-state index < -0.39 is 0 Å². The monoisotopic (exact) mass is 350 g/mol. The van der Waals surface area contributed by atoms with Gasteiger partial charge in [0.05, 0.1) is 9.92 Å². The van der Waals surface area contributed by atoms with Crippen LogP contribution >= 0.6 is 23.4 Å². The molecule has 124 valence electrons. The summed E-state index contributed by atoms with van der Waals surface area (Å²) >= 11 is 8.43. The average molecular weight is 351 g/mol. The second-order valence-electron chi connectivity index (χ2n) is 7.68. The Kier molecular flexibility index (Phi) is 3.90. The number of rotatable bonds is 2. The number of benzene rings is 1. The van der Waals surface area contributed by atoms with E-state index in [1.54, 1.807) is 0 Å². The van der Waals surface area contributed by atoms with E-state index in [0.717, 1.165) is 26.9 Å². The van der Waals surface area contributed by atoms with Gasteiger partial charge < -0.3 is 4.42 Å². The van der Waals surface area contributed by atoms with Gasteiger partial charge >= 0.3 is 0 Å². The van der Waals surface area contributed by atoms with E-state index in [9.17, 15) is 0 Å². The van der Waals surface area contributed by atoms with Crippen molar-refractivity contribution in [1.29, 1.82) is 0 Å². The Bertz CT molecular complexity index is 736. The molecule has 5 heteroatoms. The minimum atomic E-state index is -0.0942. The standard InChI is InChI=1S/C18H23ClN2OS/c1-18(2,3)17-20-12-7-6-11(19)16(15(12)22-17)23-14-8-10-21-9-4-5-13(14)21/h6-7,13-14H,4-5,8-10H2,1-3H3/t13?,14-/m0/s1. The van der Waals surface area contributed by atoms with Gasteiger partial charge in [-0.05, 0) is 44.5 Å². The number of fused-ring (bicyclic) bond motifs is 2. The molecular formula is C18H23ClN2OS. The summed E-state index contributed by atoms with van der Waals surface area (Å²) in [6.45, 7) is 8.86. The van der Waals surface area contributed by atoms with Gasteiger partial charge in [-0.1, -0.05) is 32.4 Å². The first-order valence-corrected chi connectivity index (χ1v) is 9.69. The number of thioether (sulfide) groups is 1.